The summed E-state index contributed by atoms with van der Waals surface area (Å²) in [5.74, 6) is -2.95. The number of nitrogens with two attached hydrogens (primary N) is 3. The Morgan fingerprint density at radius 3 is 2.13 bits per heavy atom. The average molecular weight is 219 g/mol. The van der Waals surface area contributed by atoms with Crippen molar-refractivity contribution in [3.05, 3.63) is 0 Å². The molecule has 7 N–H and O–H groups in total. The molecule has 8 heteroatoms. The minimum atomic E-state index is -1.29. The molecule has 0 unspecified atom stereocenters. The molecule has 0 aromatic rings. The Kier molecular flexibility index (Phi) is 5.27. The Hall–Kier alpha value is -1.67. The summed E-state index contributed by atoms with van der Waals surface area (Å²) in [6.45, 7) is -0.473. The van der Waals surface area contributed by atoms with Crippen LogP contribution < -0.4 is 17.2 Å². The van der Waals surface area contributed by atoms with Crippen LogP contribution in [0.5, 0.6) is 0 Å². The number of ether oxygens (including phenoxy) is 1. The van der Waals surface area contributed by atoms with Crippen molar-refractivity contribution in [2.45, 2.75) is 18.5 Å². The lowest BCUT2D eigenvalue weighted by molar-refractivity contribution is -0.149. The van der Waals surface area contributed by atoms with Gasteiger partial charge in [-0.05, 0) is 0 Å². The summed E-state index contributed by atoms with van der Waals surface area (Å²) >= 11 is 0. The van der Waals surface area contributed by atoms with E-state index in [4.69, 9.17) is 22.3 Å². The third kappa shape index (κ3) is 5.60. The Labute approximate surface area is 85.3 Å². The molecular formula is C7H13N3O5. The molecule has 0 fully saturated rings. The van der Waals surface area contributed by atoms with Gasteiger partial charge in [0.05, 0.1) is 12.5 Å². The summed E-state index contributed by atoms with van der Waals surface area (Å²) in [4.78, 5) is 31.6. The van der Waals surface area contributed by atoms with E-state index in [1.165, 1.54) is 0 Å². The van der Waals surface area contributed by atoms with Gasteiger partial charge < -0.3 is 27.0 Å². The molecule has 2 atom stereocenters. The van der Waals surface area contributed by atoms with Crippen LogP contribution in [0.15, 0.2) is 0 Å². The van der Waals surface area contributed by atoms with E-state index in [1.807, 2.05) is 0 Å². The lowest BCUT2D eigenvalue weighted by Crippen LogP contribution is -2.40. The standard InChI is InChI=1S/C7H13N3O5/c8-3(6(10)12)1-5(11)15-2-4(9)7(13)14/h3-4H,1-2,8-9H2,(H2,10,12)(H,13,14)/t3-,4-/m0/s1. The number of rotatable bonds is 6. The minimum Gasteiger partial charge on any atom is -0.480 e. The van der Waals surface area contributed by atoms with Gasteiger partial charge in [-0.15, -0.1) is 0 Å². The van der Waals surface area contributed by atoms with Crippen LogP contribution in [0.1, 0.15) is 6.42 Å². The Morgan fingerprint density at radius 1 is 1.20 bits per heavy atom. The molecule has 0 aliphatic carbocycles. The minimum absolute atomic E-state index is 0.401. The molecule has 86 valence electrons. The molecule has 0 saturated carbocycles. The number of carbonyl (C=O) groups excluding carboxylic acids is 2. The molecular weight excluding hydrogens is 206 g/mol. The molecule has 0 aliphatic heterocycles. The molecule has 0 heterocycles. The van der Waals surface area contributed by atoms with Crippen molar-refractivity contribution in [3.8, 4) is 0 Å². The van der Waals surface area contributed by atoms with Crippen molar-refractivity contribution in [2.75, 3.05) is 6.61 Å². The molecule has 0 saturated heterocycles. The van der Waals surface area contributed by atoms with Gasteiger partial charge in [0.2, 0.25) is 5.91 Å². The summed E-state index contributed by atoms with van der Waals surface area (Å²) in [5, 5.41) is 8.35. The van der Waals surface area contributed by atoms with Crippen LogP contribution >= 0.6 is 0 Å². The average Bonchev–Trinajstić information content (AvgIpc) is 2.13. The fourth-order valence-corrected chi connectivity index (χ4v) is 0.593. The lowest BCUT2D eigenvalue weighted by Gasteiger charge is -2.09. The molecule has 0 bridgehead atoms. The fraction of sp³-hybridized carbons (Fsp3) is 0.571. The molecule has 8 nitrogen and oxygen atoms in total. The predicted molar refractivity (Wildman–Crippen MR) is 48.4 cm³/mol. The zero-order chi connectivity index (χ0) is 12.0. The molecule has 0 rings (SSSR count). The fourth-order valence-electron chi connectivity index (χ4n) is 0.593. The summed E-state index contributed by atoms with van der Waals surface area (Å²) < 4.78 is 4.45. The van der Waals surface area contributed by atoms with Crippen molar-refractivity contribution < 1.29 is 24.2 Å². The third-order valence-electron chi connectivity index (χ3n) is 1.49. The summed E-state index contributed by atoms with van der Waals surface area (Å²) in [6.07, 6.45) is -0.401. The van der Waals surface area contributed by atoms with Crippen molar-refractivity contribution in [2.24, 2.45) is 17.2 Å². The van der Waals surface area contributed by atoms with E-state index in [9.17, 15) is 14.4 Å². The second-order valence-corrected chi connectivity index (χ2v) is 2.84. The number of carboxylic acids is 1. The number of aliphatic carboxylic acids is 1. The Balaban J connectivity index is 3.85. The predicted octanol–water partition coefficient (Wildman–Crippen LogP) is -2.86. The maximum atomic E-state index is 10.9. The van der Waals surface area contributed by atoms with Gasteiger partial charge in [0, 0.05) is 0 Å². The van der Waals surface area contributed by atoms with E-state index in [1.54, 1.807) is 0 Å². The first kappa shape index (κ1) is 13.3. The number of carboxylic acid groups (broad SMARTS) is 1. The van der Waals surface area contributed by atoms with Gasteiger partial charge in [0.25, 0.3) is 0 Å². The van der Waals surface area contributed by atoms with Gasteiger partial charge in [-0.25, -0.2) is 0 Å². The summed E-state index contributed by atoms with van der Waals surface area (Å²) in [7, 11) is 0. The Bertz CT molecular complexity index is 267. The number of carbonyl (C=O) groups is 3. The number of amides is 1. The first-order chi connectivity index (χ1) is 6.84. The lowest BCUT2D eigenvalue weighted by atomic mass is 10.2. The largest absolute Gasteiger partial charge is 0.480 e. The third-order valence-corrected chi connectivity index (χ3v) is 1.49. The van der Waals surface area contributed by atoms with Gasteiger partial charge in [-0.1, -0.05) is 0 Å². The second kappa shape index (κ2) is 5.94. The van der Waals surface area contributed by atoms with Gasteiger partial charge in [-0.3, -0.25) is 14.4 Å². The number of hydrogen-bond acceptors (Lipinski definition) is 6. The van der Waals surface area contributed by atoms with Crippen molar-refractivity contribution in [1.29, 1.82) is 0 Å². The van der Waals surface area contributed by atoms with Crippen molar-refractivity contribution in [3.63, 3.8) is 0 Å². The van der Waals surface area contributed by atoms with E-state index in [2.05, 4.69) is 4.74 Å². The van der Waals surface area contributed by atoms with Crippen LogP contribution in [0.25, 0.3) is 0 Å². The van der Waals surface area contributed by atoms with E-state index in [-0.39, 0.29) is 0 Å². The van der Waals surface area contributed by atoms with Crippen LogP contribution in [0.2, 0.25) is 0 Å². The van der Waals surface area contributed by atoms with Crippen LogP contribution in [0.3, 0.4) is 0 Å². The van der Waals surface area contributed by atoms with Gasteiger partial charge >= 0.3 is 11.9 Å². The van der Waals surface area contributed by atoms with Gasteiger partial charge in [0.1, 0.15) is 12.6 Å². The summed E-state index contributed by atoms with van der Waals surface area (Å²) in [5.41, 5.74) is 15.0. The maximum Gasteiger partial charge on any atom is 0.324 e. The van der Waals surface area contributed by atoms with Crippen LogP contribution in [0.4, 0.5) is 0 Å². The highest BCUT2D eigenvalue weighted by atomic mass is 16.5. The van der Waals surface area contributed by atoms with Crippen LogP contribution in [-0.2, 0) is 19.1 Å². The topological polar surface area (TPSA) is 159 Å². The number of hydrogen-bond donors (Lipinski definition) is 4. The first-order valence-corrected chi connectivity index (χ1v) is 4.03. The summed E-state index contributed by atoms with van der Waals surface area (Å²) in [6, 6.07) is -2.43. The molecule has 0 aliphatic rings. The van der Waals surface area contributed by atoms with E-state index < -0.39 is 43.0 Å². The van der Waals surface area contributed by atoms with Crippen LogP contribution in [0, 0.1) is 0 Å². The van der Waals surface area contributed by atoms with Crippen LogP contribution in [-0.4, -0.2) is 41.6 Å². The normalized spacial score (nSPS) is 14.0. The monoisotopic (exact) mass is 219 g/mol. The highest BCUT2D eigenvalue weighted by molar-refractivity contribution is 5.85. The van der Waals surface area contributed by atoms with Gasteiger partial charge in [0.15, 0.2) is 0 Å². The number of esters is 1. The van der Waals surface area contributed by atoms with Crippen molar-refractivity contribution >= 4 is 17.8 Å². The quantitative estimate of drug-likeness (QED) is 0.349. The smallest absolute Gasteiger partial charge is 0.324 e. The zero-order valence-corrected chi connectivity index (χ0v) is 7.88. The molecule has 15 heavy (non-hydrogen) atoms. The molecule has 0 aromatic carbocycles. The van der Waals surface area contributed by atoms with E-state index in [0.29, 0.717) is 0 Å². The SMILES string of the molecule is NC(=O)[C@@H](N)CC(=O)OC[C@H](N)C(=O)O. The maximum absolute atomic E-state index is 10.9. The van der Waals surface area contributed by atoms with E-state index >= 15 is 0 Å². The molecule has 0 spiro atoms. The number of primary amides is 1. The Morgan fingerprint density at radius 2 is 1.73 bits per heavy atom. The zero-order valence-electron chi connectivity index (χ0n) is 7.88. The second-order valence-electron chi connectivity index (χ2n) is 2.84. The van der Waals surface area contributed by atoms with E-state index in [0.717, 1.165) is 0 Å². The molecule has 0 aromatic heterocycles. The highest BCUT2D eigenvalue weighted by Gasteiger charge is 2.18. The molecule has 0 radical (unpaired) electrons. The van der Waals surface area contributed by atoms with Crippen molar-refractivity contribution in [1.82, 2.24) is 0 Å². The highest BCUT2D eigenvalue weighted by Crippen LogP contribution is 1.92. The first-order valence-electron chi connectivity index (χ1n) is 4.03. The molecule has 1 amide bonds. The van der Waals surface area contributed by atoms with Gasteiger partial charge in [-0.2, -0.15) is 0 Å².